The van der Waals surface area contributed by atoms with Crippen LogP contribution in [0.1, 0.15) is 0 Å². The second-order valence-electron chi connectivity index (χ2n) is 7.37. The Morgan fingerprint density at radius 1 is 0.744 bits per heavy atom. The van der Waals surface area contributed by atoms with Crippen LogP contribution in [0.25, 0.3) is 11.3 Å². The van der Waals surface area contributed by atoms with Crippen molar-refractivity contribution in [3.05, 3.63) is 34.7 Å². The quantitative estimate of drug-likeness (QED) is 0.267. The average molecular weight is 639 g/mol. The van der Waals surface area contributed by atoms with Gasteiger partial charge >= 0.3 is 53.8 Å². The number of hydrogen-bond acceptors (Lipinski definition) is 3. The zero-order valence-electron chi connectivity index (χ0n) is 17.7. The Morgan fingerprint density at radius 3 is 1.64 bits per heavy atom. The first-order valence-corrected chi connectivity index (χ1v) is 10.5. The Bertz CT molecular complexity index is 1200. The highest BCUT2D eigenvalue weighted by Crippen LogP contribution is 2.62. The molecular formula is C18H7ClF16N2OS. The summed E-state index contributed by atoms with van der Waals surface area (Å²) in [6.45, 7) is 0. The van der Waals surface area contributed by atoms with E-state index in [1.54, 1.807) is 0 Å². The molecule has 0 atom stereocenters. The maximum absolute atomic E-state index is 14.0. The largest absolute Gasteiger partial charge is 0.393 e. The van der Waals surface area contributed by atoms with E-state index in [4.69, 9.17) is 11.6 Å². The molecule has 1 heterocycles. The van der Waals surface area contributed by atoms with Crippen molar-refractivity contribution in [1.29, 1.82) is 0 Å². The molecule has 0 saturated carbocycles. The molecular weight excluding hydrogens is 632 g/mol. The minimum Gasteiger partial charge on any atom is -0.296 e. The van der Waals surface area contributed by atoms with Gasteiger partial charge in [0.1, 0.15) is 0 Å². The Hall–Kier alpha value is -2.51. The Labute approximate surface area is 213 Å². The molecule has 39 heavy (non-hydrogen) atoms. The van der Waals surface area contributed by atoms with Crippen molar-refractivity contribution < 1.29 is 75.0 Å². The molecule has 0 fully saturated rings. The number of alkyl halides is 16. The smallest absolute Gasteiger partial charge is 0.296 e. The lowest BCUT2D eigenvalue weighted by atomic mass is 9.89. The van der Waals surface area contributed by atoms with Crippen molar-refractivity contribution in [3.8, 4) is 11.3 Å². The van der Waals surface area contributed by atoms with E-state index in [0.717, 1.165) is 10.7 Å². The van der Waals surface area contributed by atoms with Crippen LogP contribution < -0.4 is 5.32 Å². The standard InChI is InChI=1S/C18H7ClF16N2OS/c19-7-3-1-6(2-4-7)8-5-39-11(36-8)37-10(38)13(24,25)15(28,29)17(32,33)18(34,35)16(30,31)14(26,27)12(22,23)9(20)21/h1-5,9H,(H,36,37,38). The molecule has 2 rings (SSSR count). The number of carbonyl (C=O) groups is 1. The zero-order valence-corrected chi connectivity index (χ0v) is 19.2. The number of aromatic nitrogens is 1. The lowest BCUT2D eigenvalue weighted by Gasteiger charge is -2.42. The number of rotatable bonds is 10. The normalized spacial score (nSPS) is 14.6. The summed E-state index contributed by atoms with van der Waals surface area (Å²) >= 11 is 5.79. The van der Waals surface area contributed by atoms with E-state index in [2.05, 4.69) is 4.98 Å². The molecule has 0 aliphatic carbocycles. The molecule has 0 saturated heterocycles. The van der Waals surface area contributed by atoms with E-state index >= 15 is 0 Å². The van der Waals surface area contributed by atoms with E-state index in [1.807, 2.05) is 0 Å². The lowest BCUT2D eigenvalue weighted by molar-refractivity contribution is -0.443. The first-order valence-electron chi connectivity index (χ1n) is 9.26. The van der Waals surface area contributed by atoms with Crippen LogP contribution in [-0.4, -0.2) is 58.8 Å². The number of hydrogen-bond donors (Lipinski definition) is 1. The van der Waals surface area contributed by atoms with E-state index in [9.17, 15) is 75.0 Å². The average Bonchev–Trinajstić information content (AvgIpc) is 3.26. The second-order valence-corrected chi connectivity index (χ2v) is 8.66. The lowest BCUT2D eigenvalue weighted by Crippen LogP contribution is -2.74. The fourth-order valence-electron chi connectivity index (χ4n) is 2.54. The maximum atomic E-state index is 14.0. The number of amides is 1. The molecule has 2 aromatic rings. The molecule has 0 aliphatic heterocycles. The third-order valence-electron chi connectivity index (χ3n) is 4.81. The van der Waals surface area contributed by atoms with Gasteiger partial charge in [-0.15, -0.1) is 11.3 Å². The Balaban J connectivity index is 2.44. The third-order valence-corrected chi connectivity index (χ3v) is 5.82. The summed E-state index contributed by atoms with van der Waals surface area (Å²) in [5.41, 5.74) is -0.0242. The number of benzene rings is 1. The third kappa shape index (κ3) is 4.86. The highest BCUT2D eigenvalue weighted by Gasteiger charge is 2.94. The van der Waals surface area contributed by atoms with Crippen LogP contribution in [-0.2, 0) is 4.79 Å². The minimum absolute atomic E-state index is 0.156. The summed E-state index contributed by atoms with van der Waals surface area (Å²) < 4.78 is 214. The molecule has 3 nitrogen and oxygen atoms in total. The summed E-state index contributed by atoms with van der Waals surface area (Å²) in [6, 6.07) is 5.09. The number of carbonyl (C=O) groups excluding carboxylic acids is 1. The fourth-order valence-corrected chi connectivity index (χ4v) is 3.38. The monoisotopic (exact) mass is 638 g/mol. The molecule has 21 heteroatoms. The number of nitrogens with one attached hydrogen (secondary N) is 1. The van der Waals surface area contributed by atoms with Crippen LogP contribution in [0, 0.1) is 0 Å². The van der Waals surface area contributed by atoms with Gasteiger partial charge in [0, 0.05) is 16.0 Å². The van der Waals surface area contributed by atoms with Gasteiger partial charge in [0.2, 0.25) is 0 Å². The van der Waals surface area contributed by atoms with Gasteiger partial charge < -0.3 is 0 Å². The second kappa shape index (κ2) is 9.84. The maximum Gasteiger partial charge on any atom is 0.393 e. The van der Waals surface area contributed by atoms with Crippen molar-refractivity contribution in [1.82, 2.24) is 4.98 Å². The molecule has 1 aromatic carbocycles. The van der Waals surface area contributed by atoms with Gasteiger partial charge in [0.15, 0.2) is 5.13 Å². The van der Waals surface area contributed by atoms with Crippen LogP contribution in [0.15, 0.2) is 29.6 Å². The predicted octanol–water partition coefficient (Wildman–Crippen LogP) is 8.11. The molecule has 1 aromatic heterocycles. The number of thiazole rings is 1. The van der Waals surface area contributed by atoms with Crippen LogP contribution in [0.5, 0.6) is 0 Å². The Morgan fingerprint density at radius 2 is 1.18 bits per heavy atom. The minimum atomic E-state index is -8.59. The van der Waals surface area contributed by atoms with Crippen molar-refractivity contribution in [2.75, 3.05) is 5.32 Å². The first-order chi connectivity index (χ1) is 17.3. The van der Waals surface area contributed by atoms with Gasteiger partial charge in [-0.1, -0.05) is 23.7 Å². The molecule has 220 valence electrons. The zero-order chi connectivity index (χ0) is 30.6. The van der Waals surface area contributed by atoms with E-state index in [1.165, 1.54) is 24.3 Å². The highest BCUT2D eigenvalue weighted by molar-refractivity contribution is 7.14. The van der Waals surface area contributed by atoms with Gasteiger partial charge in [0.05, 0.1) is 5.69 Å². The summed E-state index contributed by atoms with van der Waals surface area (Å²) in [5, 5.41) is 0.881. The summed E-state index contributed by atoms with van der Waals surface area (Å²) in [6.07, 6.45) is -5.94. The summed E-state index contributed by atoms with van der Waals surface area (Å²) in [5.74, 6) is -60.1. The van der Waals surface area contributed by atoms with Gasteiger partial charge in [-0.25, -0.2) is 13.8 Å². The van der Waals surface area contributed by atoms with Crippen LogP contribution in [0.4, 0.5) is 75.4 Å². The van der Waals surface area contributed by atoms with Crippen molar-refractivity contribution in [3.63, 3.8) is 0 Å². The van der Waals surface area contributed by atoms with Gasteiger partial charge in [-0.3, -0.25) is 10.1 Å². The topological polar surface area (TPSA) is 42.0 Å². The molecule has 0 radical (unpaired) electrons. The van der Waals surface area contributed by atoms with Crippen molar-refractivity contribution >= 4 is 34.0 Å². The molecule has 1 amide bonds. The van der Waals surface area contributed by atoms with Gasteiger partial charge in [-0.2, -0.15) is 61.5 Å². The number of halogens is 17. The number of nitrogens with zero attached hydrogens (tertiary/aromatic N) is 1. The first kappa shape index (κ1) is 32.7. The van der Waals surface area contributed by atoms with Gasteiger partial charge in [0.25, 0.3) is 0 Å². The Kier molecular flexibility index (Phi) is 8.25. The molecule has 0 bridgehead atoms. The van der Waals surface area contributed by atoms with Gasteiger partial charge in [-0.05, 0) is 12.1 Å². The summed E-state index contributed by atoms with van der Waals surface area (Å²) in [4.78, 5) is 15.0. The van der Waals surface area contributed by atoms with Crippen molar-refractivity contribution in [2.45, 2.75) is 47.9 Å². The SMILES string of the molecule is O=C(Nc1nc(-c2ccc(Cl)cc2)cs1)C(F)(F)C(F)(F)C(F)(F)C(F)(F)C(F)(F)C(F)(F)C(F)(F)C(F)F. The fraction of sp³-hybridized carbons (Fsp3) is 0.444. The molecule has 1 N–H and O–H groups in total. The van der Waals surface area contributed by atoms with Crippen LogP contribution in [0.2, 0.25) is 5.02 Å². The molecule has 0 unspecified atom stereocenters. The van der Waals surface area contributed by atoms with Crippen molar-refractivity contribution in [2.24, 2.45) is 0 Å². The van der Waals surface area contributed by atoms with E-state index in [-0.39, 0.29) is 27.6 Å². The highest BCUT2D eigenvalue weighted by atomic mass is 35.5. The number of anilines is 1. The molecule has 0 spiro atoms. The van der Waals surface area contributed by atoms with E-state index < -0.39 is 58.9 Å². The van der Waals surface area contributed by atoms with Crippen LogP contribution >= 0.6 is 22.9 Å². The van der Waals surface area contributed by atoms with Crippen LogP contribution in [0.3, 0.4) is 0 Å². The van der Waals surface area contributed by atoms with E-state index in [0.29, 0.717) is 0 Å². The molecule has 0 aliphatic rings. The predicted molar refractivity (Wildman–Crippen MR) is 102 cm³/mol. The summed E-state index contributed by atoms with van der Waals surface area (Å²) in [7, 11) is 0.